The van der Waals surface area contributed by atoms with Crippen molar-refractivity contribution in [3.05, 3.63) is 35.5 Å². The summed E-state index contributed by atoms with van der Waals surface area (Å²) in [4.78, 5) is 4.63. The lowest BCUT2D eigenvalue weighted by molar-refractivity contribution is 0.130. The van der Waals surface area contributed by atoms with Gasteiger partial charge < -0.3 is 23.4 Å². The Morgan fingerprint density at radius 2 is 1.34 bits per heavy atom. The number of rotatable bonds is 10. The lowest BCUT2D eigenvalue weighted by atomic mass is 9.98. The van der Waals surface area contributed by atoms with Crippen molar-refractivity contribution in [1.29, 1.82) is 0 Å². The molecule has 0 bridgehead atoms. The Morgan fingerprint density at radius 3 is 1.86 bits per heavy atom. The summed E-state index contributed by atoms with van der Waals surface area (Å²) < 4.78 is 52.5. The molecule has 1 aromatic heterocycles. The fraction of sp³-hybridized carbons (Fsp3) is 0.640. The third-order valence-corrected chi connectivity index (χ3v) is 10.7. The minimum atomic E-state index is -3.70. The molecule has 0 radical (unpaired) electrons. The van der Waals surface area contributed by atoms with Crippen LogP contribution in [-0.4, -0.2) is 35.2 Å². The third-order valence-electron chi connectivity index (χ3n) is 5.47. The SMILES string of the molecule is Cc1ccnc2c3c(ccc12)C(P(=O)(OC(C)C)OC(C)C)CC(P(=O)(OC(C)C)OC(C)C)N3. The van der Waals surface area contributed by atoms with Gasteiger partial charge in [0.05, 0.1) is 41.3 Å². The first-order valence-corrected chi connectivity index (χ1v) is 15.6. The molecule has 3 rings (SSSR count). The van der Waals surface area contributed by atoms with E-state index in [0.717, 1.165) is 16.5 Å². The molecular weight excluding hydrogens is 486 g/mol. The molecule has 0 saturated carbocycles. The van der Waals surface area contributed by atoms with Gasteiger partial charge in [-0.2, -0.15) is 0 Å². The Morgan fingerprint density at radius 1 is 0.829 bits per heavy atom. The highest BCUT2D eigenvalue weighted by Gasteiger charge is 2.50. The minimum Gasteiger partial charge on any atom is -0.369 e. The average Bonchev–Trinajstić information content (AvgIpc) is 2.70. The van der Waals surface area contributed by atoms with Crippen molar-refractivity contribution in [2.45, 2.75) is 105 Å². The fourth-order valence-corrected chi connectivity index (χ4v) is 9.38. The minimum absolute atomic E-state index is 0.192. The highest BCUT2D eigenvalue weighted by Crippen LogP contribution is 2.70. The van der Waals surface area contributed by atoms with Crippen LogP contribution in [0.5, 0.6) is 0 Å². The number of aromatic nitrogens is 1. The van der Waals surface area contributed by atoms with Gasteiger partial charge in [0.25, 0.3) is 0 Å². The van der Waals surface area contributed by atoms with Crippen LogP contribution >= 0.6 is 15.2 Å². The van der Waals surface area contributed by atoms with Crippen molar-refractivity contribution in [3.63, 3.8) is 0 Å². The summed E-state index contributed by atoms with van der Waals surface area (Å²) in [5.74, 6) is -0.766. The highest BCUT2D eigenvalue weighted by molar-refractivity contribution is 7.55. The van der Waals surface area contributed by atoms with Crippen LogP contribution in [0.2, 0.25) is 0 Å². The van der Waals surface area contributed by atoms with Gasteiger partial charge in [0.15, 0.2) is 0 Å². The Hall–Kier alpha value is -1.27. The second-order valence-electron chi connectivity index (χ2n) is 10.2. The Kier molecular flexibility index (Phi) is 8.90. The molecule has 2 atom stereocenters. The van der Waals surface area contributed by atoms with Gasteiger partial charge >= 0.3 is 15.2 Å². The zero-order chi connectivity index (χ0) is 26.1. The standard InChI is InChI=1S/C25H40N2O6P2/c1-15(2)30-34(28,31-16(3)4)22-14-23(35(29,32-17(5)6)33-18(7)8)27-25-21(22)11-10-20-19(9)12-13-26-24(20)25/h10-13,15-18,22-23,27H,14H2,1-9H3. The molecule has 10 heteroatoms. The average molecular weight is 527 g/mol. The Labute approximate surface area is 209 Å². The first kappa shape index (κ1) is 28.3. The van der Waals surface area contributed by atoms with Crippen LogP contribution in [0.25, 0.3) is 10.9 Å². The number of aryl methyl sites for hydroxylation is 1. The number of nitrogens with zero attached hydrogens (tertiary/aromatic N) is 1. The third kappa shape index (κ3) is 6.36. The predicted octanol–water partition coefficient (Wildman–Crippen LogP) is 7.81. The second kappa shape index (κ2) is 11.0. The number of hydrogen-bond acceptors (Lipinski definition) is 8. The molecular formula is C25H40N2O6P2. The van der Waals surface area contributed by atoms with Gasteiger partial charge in [0, 0.05) is 11.6 Å². The summed E-state index contributed by atoms with van der Waals surface area (Å²) in [5.41, 5.74) is 2.50. The molecule has 1 aliphatic heterocycles. The molecule has 35 heavy (non-hydrogen) atoms. The van der Waals surface area contributed by atoms with Gasteiger partial charge in [-0.15, -0.1) is 0 Å². The van der Waals surface area contributed by atoms with E-state index in [1.165, 1.54) is 0 Å². The molecule has 2 unspecified atom stereocenters. The first-order chi connectivity index (χ1) is 16.3. The maximum absolute atomic E-state index is 14.4. The lowest BCUT2D eigenvalue weighted by Gasteiger charge is -2.40. The molecule has 0 amide bonds. The van der Waals surface area contributed by atoms with E-state index in [2.05, 4.69) is 10.3 Å². The Bertz CT molecular complexity index is 1110. The van der Waals surface area contributed by atoms with Gasteiger partial charge in [-0.1, -0.05) is 12.1 Å². The van der Waals surface area contributed by atoms with Crippen molar-refractivity contribution in [1.82, 2.24) is 4.98 Å². The van der Waals surface area contributed by atoms with Crippen LogP contribution in [-0.2, 0) is 27.2 Å². The molecule has 1 aromatic carbocycles. The van der Waals surface area contributed by atoms with Crippen LogP contribution in [0.3, 0.4) is 0 Å². The molecule has 2 heterocycles. The maximum atomic E-state index is 14.4. The summed E-state index contributed by atoms with van der Waals surface area (Å²) in [6.07, 6.45) is 0.602. The normalized spacial score (nSPS) is 19.1. The van der Waals surface area contributed by atoms with Gasteiger partial charge in [0.1, 0.15) is 5.78 Å². The van der Waals surface area contributed by atoms with E-state index in [1.54, 1.807) is 6.20 Å². The summed E-state index contributed by atoms with van der Waals surface area (Å²) in [5, 5.41) is 4.37. The van der Waals surface area contributed by atoms with Gasteiger partial charge in [-0.3, -0.25) is 14.1 Å². The monoisotopic (exact) mass is 526 g/mol. The summed E-state index contributed by atoms with van der Waals surface area (Å²) in [6.45, 7) is 16.6. The smallest absolute Gasteiger partial charge is 0.353 e. The molecule has 0 saturated heterocycles. The van der Waals surface area contributed by atoms with E-state index in [1.807, 2.05) is 80.5 Å². The molecule has 0 spiro atoms. The van der Waals surface area contributed by atoms with E-state index in [9.17, 15) is 9.13 Å². The van der Waals surface area contributed by atoms with Gasteiger partial charge in [-0.05, 0) is 85.9 Å². The van der Waals surface area contributed by atoms with Crippen LogP contribution < -0.4 is 5.32 Å². The summed E-state index contributed by atoms with van der Waals surface area (Å²) in [7, 11) is -7.40. The number of benzene rings is 1. The largest absolute Gasteiger partial charge is 0.369 e. The fourth-order valence-electron chi connectivity index (χ4n) is 4.39. The second-order valence-corrected chi connectivity index (χ2v) is 14.4. The molecule has 0 fully saturated rings. The van der Waals surface area contributed by atoms with Crippen LogP contribution in [0.4, 0.5) is 5.69 Å². The number of nitrogens with one attached hydrogen (secondary N) is 1. The van der Waals surface area contributed by atoms with Crippen molar-refractivity contribution in [2.24, 2.45) is 0 Å². The zero-order valence-electron chi connectivity index (χ0n) is 22.3. The number of pyridine rings is 1. The quantitative estimate of drug-likeness (QED) is 0.313. The van der Waals surface area contributed by atoms with Crippen LogP contribution in [0.1, 0.15) is 78.6 Å². The zero-order valence-corrected chi connectivity index (χ0v) is 24.1. The molecule has 2 aromatic rings. The lowest BCUT2D eigenvalue weighted by Crippen LogP contribution is -2.32. The number of hydrogen-bond donors (Lipinski definition) is 1. The van der Waals surface area contributed by atoms with Crippen molar-refractivity contribution in [2.75, 3.05) is 5.32 Å². The van der Waals surface area contributed by atoms with E-state index in [4.69, 9.17) is 18.1 Å². The van der Waals surface area contributed by atoms with Crippen molar-refractivity contribution < 1.29 is 27.2 Å². The topological polar surface area (TPSA) is 96.0 Å². The summed E-state index contributed by atoms with van der Waals surface area (Å²) in [6, 6.07) is 5.86. The predicted molar refractivity (Wildman–Crippen MR) is 141 cm³/mol. The first-order valence-electron chi connectivity index (χ1n) is 12.3. The van der Waals surface area contributed by atoms with Crippen LogP contribution in [0.15, 0.2) is 24.4 Å². The number of fused-ring (bicyclic) bond motifs is 3. The van der Waals surface area contributed by atoms with Crippen molar-refractivity contribution >= 4 is 31.8 Å². The molecule has 0 aliphatic carbocycles. The highest BCUT2D eigenvalue weighted by atomic mass is 31.2. The van der Waals surface area contributed by atoms with Crippen LogP contribution in [0, 0.1) is 6.92 Å². The maximum Gasteiger partial charge on any atom is 0.353 e. The number of anilines is 1. The van der Waals surface area contributed by atoms with E-state index >= 15 is 0 Å². The van der Waals surface area contributed by atoms with Gasteiger partial charge in [0.2, 0.25) is 0 Å². The van der Waals surface area contributed by atoms with Crippen molar-refractivity contribution in [3.8, 4) is 0 Å². The molecule has 196 valence electrons. The Balaban J connectivity index is 2.26. The van der Waals surface area contributed by atoms with E-state index in [-0.39, 0.29) is 30.8 Å². The molecule has 8 nitrogen and oxygen atoms in total. The molecule has 1 N–H and O–H groups in total. The van der Waals surface area contributed by atoms with E-state index < -0.39 is 26.6 Å². The van der Waals surface area contributed by atoms with Gasteiger partial charge in [-0.25, -0.2) is 0 Å². The summed E-state index contributed by atoms with van der Waals surface area (Å²) >= 11 is 0. The van der Waals surface area contributed by atoms with E-state index in [0.29, 0.717) is 11.2 Å². The molecule has 1 aliphatic rings.